The van der Waals surface area contributed by atoms with Gasteiger partial charge in [-0.2, -0.15) is 0 Å². The Morgan fingerprint density at radius 3 is 2.58 bits per heavy atom. The third-order valence-corrected chi connectivity index (χ3v) is 2.64. The molecule has 0 saturated heterocycles. The van der Waals surface area contributed by atoms with Gasteiger partial charge in [-0.15, -0.1) is 0 Å². The van der Waals surface area contributed by atoms with Crippen molar-refractivity contribution in [3.63, 3.8) is 0 Å². The lowest BCUT2D eigenvalue weighted by atomic mass is 10.2. The molecule has 0 amide bonds. The zero-order chi connectivity index (χ0) is 14.0. The van der Waals surface area contributed by atoms with Crippen LogP contribution in [0.1, 0.15) is 11.3 Å². The van der Waals surface area contributed by atoms with Gasteiger partial charge in [0.05, 0.1) is 4.92 Å². The second-order valence-corrected chi connectivity index (χ2v) is 4.14. The SMILES string of the molecule is Cc1cc(N)ccc1Oc1ccc([N+](=O)[O-])c(C)n1. The maximum atomic E-state index is 10.7. The summed E-state index contributed by atoms with van der Waals surface area (Å²) in [6.45, 7) is 3.44. The standard InChI is InChI=1S/C13H13N3O3/c1-8-7-10(14)3-5-12(8)19-13-6-4-11(16(17)18)9(2)15-13/h3-7H,14H2,1-2H3. The first-order valence-electron chi connectivity index (χ1n) is 5.63. The Morgan fingerprint density at radius 2 is 2.00 bits per heavy atom. The van der Waals surface area contributed by atoms with Crippen molar-refractivity contribution in [1.29, 1.82) is 0 Å². The monoisotopic (exact) mass is 259 g/mol. The van der Waals surface area contributed by atoms with Crippen molar-refractivity contribution in [2.75, 3.05) is 5.73 Å². The lowest BCUT2D eigenvalue weighted by molar-refractivity contribution is -0.385. The normalized spacial score (nSPS) is 10.2. The molecule has 0 bridgehead atoms. The van der Waals surface area contributed by atoms with Crippen LogP contribution >= 0.6 is 0 Å². The molecule has 2 aromatic rings. The molecular formula is C13H13N3O3. The number of hydrogen-bond acceptors (Lipinski definition) is 5. The number of benzene rings is 1. The molecule has 6 nitrogen and oxygen atoms in total. The number of anilines is 1. The molecule has 98 valence electrons. The van der Waals surface area contributed by atoms with Crippen molar-refractivity contribution >= 4 is 11.4 Å². The minimum atomic E-state index is -0.472. The Kier molecular flexibility index (Phi) is 3.33. The van der Waals surface area contributed by atoms with E-state index in [1.54, 1.807) is 25.1 Å². The molecule has 0 atom stereocenters. The number of aryl methyl sites for hydroxylation is 2. The quantitative estimate of drug-likeness (QED) is 0.519. The van der Waals surface area contributed by atoms with Crippen molar-refractivity contribution in [3.05, 3.63) is 51.7 Å². The summed E-state index contributed by atoms with van der Waals surface area (Å²) in [5.41, 5.74) is 7.46. The Balaban J connectivity index is 2.29. The van der Waals surface area contributed by atoms with Crippen LogP contribution in [-0.2, 0) is 0 Å². The van der Waals surface area contributed by atoms with E-state index in [1.165, 1.54) is 12.1 Å². The van der Waals surface area contributed by atoms with Crippen LogP contribution in [0.3, 0.4) is 0 Å². The minimum Gasteiger partial charge on any atom is -0.439 e. The van der Waals surface area contributed by atoms with E-state index in [2.05, 4.69) is 4.98 Å². The second-order valence-electron chi connectivity index (χ2n) is 4.14. The number of nitro groups is 1. The van der Waals surface area contributed by atoms with E-state index in [0.717, 1.165) is 5.56 Å². The Hall–Kier alpha value is -2.63. The van der Waals surface area contributed by atoms with Crippen LogP contribution < -0.4 is 10.5 Å². The van der Waals surface area contributed by atoms with Crippen LogP contribution in [0, 0.1) is 24.0 Å². The van der Waals surface area contributed by atoms with E-state index in [1.807, 2.05) is 6.92 Å². The Morgan fingerprint density at radius 1 is 1.26 bits per heavy atom. The lowest BCUT2D eigenvalue weighted by Gasteiger charge is -2.08. The van der Waals surface area contributed by atoms with Crippen LogP contribution in [0.25, 0.3) is 0 Å². The van der Waals surface area contributed by atoms with Crippen molar-refractivity contribution in [3.8, 4) is 11.6 Å². The summed E-state index contributed by atoms with van der Waals surface area (Å²) in [7, 11) is 0. The molecule has 0 saturated carbocycles. The number of rotatable bonds is 3. The van der Waals surface area contributed by atoms with Gasteiger partial charge in [-0.1, -0.05) is 0 Å². The molecule has 0 aliphatic carbocycles. The van der Waals surface area contributed by atoms with E-state index >= 15 is 0 Å². The topological polar surface area (TPSA) is 91.3 Å². The van der Waals surface area contributed by atoms with Gasteiger partial charge in [-0.3, -0.25) is 10.1 Å². The van der Waals surface area contributed by atoms with Gasteiger partial charge in [0, 0.05) is 17.8 Å². The maximum Gasteiger partial charge on any atom is 0.290 e. The van der Waals surface area contributed by atoms with Gasteiger partial charge in [0.1, 0.15) is 11.4 Å². The molecule has 0 aliphatic rings. The number of hydrogen-bond donors (Lipinski definition) is 1. The van der Waals surface area contributed by atoms with Gasteiger partial charge in [0.2, 0.25) is 5.88 Å². The second kappa shape index (κ2) is 4.93. The van der Waals surface area contributed by atoms with E-state index < -0.39 is 4.92 Å². The van der Waals surface area contributed by atoms with Crippen LogP contribution in [0.4, 0.5) is 11.4 Å². The fraction of sp³-hybridized carbons (Fsp3) is 0.154. The molecule has 1 aromatic heterocycles. The number of nitrogens with zero attached hydrogens (tertiary/aromatic N) is 2. The van der Waals surface area contributed by atoms with Crippen molar-refractivity contribution < 1.29 is 9.66 Å². The van der Waals surface area contributed by atoms with Crippen LogP contribution in [-0.4, -0.2) is 9.91 Å². The summed E-state index contributed by atoms with van der Waals surface area (Å²) >= 11 is 0. The molecule has 6 heteroatoms. The minimum absolute atomic E-state index is 0.0265. The van der Waals surface area contributed by atoms with Gasteiger partial charge in [0.15, 0.2) is 0 Å². The summed E-state index contributed by atoms with van der Waals surface area (Å²) in [4.78, 5) is 14.3. The zero-order valence-electron chi connectivity index (χ0n) is 10.6. The Labute approximate surface area is 110 Å². The fourth-order valence-corrected chi connectivity index (χ4v) is 1.68. The van der Waals surface area contributed by atoms with Crippen LogP contribution in [0.5, 0.6) is 11.6 Å². The van der Waals surface area contributed by atoms with Gasteiger partial charge < -0.3 is 10.5 Å². The molecular weight excluding hydrogens is 246 g/mol. The summed E-state index contributed by atoms with van der Waals surface area (Å²) in [6, 6.07) is 8.10. The van der Waals surface area contributed by atoms with E-state index in [0.29, 0.717) is 23.0 Å². The summed E-state index contributed by atoms with van der Waals surface area (Å²) < 4.78 is 5.59. The molecule has 0 radical (unpaired) electrons. The highest BCUT2D eigenvalue weighted by molar-refractivity contribution is 5.48. The highest BCUT2D eigenvalue weighted by atomic mass is 16.6. The molecule has 0 fully saturated rings. The highest BCUT2D eigenvalue weighted by Gasteiger charge is 2.13. The summed E-state index contributed by atoms with van der Waals surface area (Å²) in [5, 5.41) is 10.7. The molecule has 19 heavy (non-hydrogen) atoms. The third kappa shape index (κ3) is 2.79. The average Bonchev–Trinajstić information content (AvgIpc) is 2.32. The maximum absolute atomic E-state index is 10.7. The Bertz CT molecular complexity index is 641. The van der Waals surface area contributed by atoms with Gasteiger partial charge in [-0.05, 0) is 37.6 Å². The van der Waals surface area contributed by atoms with Crippen LogP contribution in [0.2, 0.25) is 0 Å². The first kappa shape index (κ1) is 12.8. The van der Waals surface area contributed by atoms with E-state index in [9.17, 15) is 10.1 Å². The smallest absolute Gasteiger partial charge is 0.290 e. The predicted octanol–water partition coefficient (Wildman–Crippen LogP) is 2.98. The van der Waals surface area contributed by atoms with Gasteiger partial charge in [0.25, 0.3) is 5.69 Å². The fourth-order valence-electron chi connectivity index (χ4n) is 1.68. The van der Waals surface area contributed by atoms with Crippen molar-refractivity contribution in [1.82, 2.24) is 4.98 Å². The molecule has 0 aliphatic heterocycles. The van der Waals surface area contributed by atoms with E-state index in [-0.39, 0.29) is 5.69 Å². The molecule has 2 N–H and O–H groups in total. The first-order valence-corrected chi connectivity index (χ1v) is 5.63. The zero-order valence-corrected chi connectivity index (χ0v) is 10.6. The van der Waals surface area contributed by atoms with Crippen molar-refractivity contribution in [2.24, 2.45) is 0 Å². The van der Waals surface area contributed by atoms with Gasteiger partial charge in [-0.25, -0.2) is 4.98 Å². The van der Waals surface area contributed by atoms with Crippen LogP contribution in [0.15, 0.2) is 30.3 Å². The number of aromatic nitrogens is 1. The average molecular weight is 259 g/mol. The lowest BCUT2D eigenvalue weighted by Crippen LogP contribution is -1.97. The predicted molar refractivity (Wildman–Crippen MR) is 71.3 cm³/mol. The number of pyridine rings is 1. The van der Waals surface area contributed by atoms with Crippen molar-refractivity contribution in [2.45, 2.75) is 13.8 Å². The summed E-state index contributed by atoms with van der Waals surface area (Å²) in [5.74, 6) is 0.936. The summed E-state index contributed by atoms with van der Waals surface area (Å²) in [6.07, 6.45) is 0. The molecule has 1 heterocycles. The molecule has 0 spiro atoms. The number of nitrogens with two attached hydrogens (primary N) is 1. The highest BCUT2D eigenvalue weighted by Crippen LogP contribution is 2.27. The molecule has 2 rings (SSSR count). The van der Waals surface area contributed by atoms with Gasteiger partial charge >= 0.3 is 0 Å². The number of nitrogen functional groups attached to an aromatic ring is 1. The number of ether oxygens (including phenoxy) is 1. The largest absolute Gasteiger partial charge is 0.439 e. The third-order valence-electron chi connectivity index (χ3n) is 2.64. The first-order chi connectivity index (χ1) is 8.97. The molecule has 1 aromatic carbocycles. The van der Waals surface area contributed by atoms with E-state index in [4.69, 9.17) is 10.5 Å². The molecule has 0 unspecified atom stereocenters.